The second kappa shape index (κ2) is 4.76. The smallest absolute Gasteiger partial charge is 0.331 e. The van der Waals surface area contributed by atoms with Crippen molar-refractivity contribution < 1.29 is 9.53 Å². The Labute approximate surface area is 112 Å². The maximum Gasteiger partial charge on any atom is 0.331 e. The largest absolute Gasteiger partial charge is 0.467 e. The summed E-state index contributed by atoms with van der Waals surface area (Å²) in [6, 6.07) is 19.9. The van der Waals surface area contributed by atoms with Crippen molar-refractivity contribution in [2.24, 2.45) is 0 Å². The molecule has 1 aliphatic rings. The highest BCUT2D eigenvalue weighted by Gasteiger charge is 2.54. The van der Waals surface area contributed by atoms with Gasteiger partial charge in [-0.05, 0) is 17.7 Å². The minimum absolute atomic E-state index is 0.0797. The minimum Gasteiger partial charge on any atom is -0.467 e. The monoisotopic (exact) mass is 253 g/mol. The molecule has 0 bridgehead atoms. The molecule has 2 atom stereocenters. The van der Waals surface area contributed by atoms with Crippen LogP contribution in [0.1, 0.15) is 11.6 Å². The van der Waals surface area contributed by atoms with Crippen LogP contribution in [-0.2, 0) is 9.53 Å². The molecule has 0 aliphatic carbocycles. The van der Waals surface area contributed by atoms with E-state index in [4.69, 9.17) is 4.74 Å². The van der Waals surface area contributed by atoms with Crippen LogP contribution >= 0.6 is 0 Å². The normalized spacial score (nSPS) is 21.0. The Kier molecular flexibility index (Phi) is 2.95. The van der Waals surface area contributed by atoms with Crippen molar-refractivity contribution >= 4 is 11.7 Å². The van der Waals surface area contributed by atoms with Crippen LogP contribution in [0.3, 0.4) is 0 Å². The van der Waals surface area contributed by atoms with Gasteiger partial charge in [-0.3, -0.25) is 0 Å². The first kappa shape index (κ1) is 11.8. The summed E-state index contributed by atoms with van der Waals surface area (Å²) in [5.41, 5.74) is 2.19. The van der Waals surface area contributed by atoms with Gasteiger partial charge >= 0.3 is 5.97 Å². The number of nitrogens with zero attached hydrogens (tertiary/aromatic N) is 1. The second-order valence-corrected chi connectivity index (χ2v) is 4.57. The molecule has 1 aliphatic heterocycles. The van der Waals surface area contributed by atoms with Crippen molar-refractivity contribution in [3.8, 4) is 0 Å². The molecule has 0 unspecified atom stereocenters. The van der Waals surface area contributed by atoms with E-state index in [-0.39, 0.29) is 18.1 Å². The number of hydrogen-bond donors (Lipinski definition) is 0. The number of ether oxygens (including phenoxy) is 1. The van der Waals surface area contributed by atoms with Crippen LogP contribution in [0.5, 0.6) is 0 Å². The van der Waals surface area contributed by atoms with Crippen molar-refractivity contribution in [2.75, 3.05) is 12.0 Å². The Balaban J connectivity index is 1.93. The van der Waals surface area contributed by atoms with Gasteiger partial charge in [0.2, 0.25) is 0 Å². The van der Waals surface area contributed by atoms with Crippen LogP contribution in [0.15, 0.2) is 60.7 Å². The van der Waals surface area contributed by atoms with Gasteiger partial charge in [0.15, 0.2) is 6.04 Å². The highest BCUT2D eigenvalue weighted by Crippen LogP contribution is 2.47. The Bertz CT molecular complexity index is 522. The zero-order chi connectivity index (χ0) is 13.2. The number of hydrogen-bond acceptors (Lipinski definition) is 3. The molecule has 3 heteroatoms. The van der Waals surface area contributed by atoms with Gasteiger partial charge in [0.25, 0.3) is 0 Å². The molecule has 2 aromatic carbocycles. The van der Waals surface area contributed by atoms with Gasteiger partial charge in [0.05, 0.1) is 13.2 Å². The number of benzene rings is 2. The number of para-hydroxylation sites is 1. The molecule has 1 heterocycles. The predicted octanol–water partition coefficient (Wildman–Crippen LogP) is 2.79. The van der Waals surface area contributed by atoms with Crippen molar-refractivity contribution in [1.82, 2.24) is 0 Å². The molecule has 0 N–H and O–H groups in total. The summed E-state index contributed by atoms with van der Waals surface area (Å²) in [5, 5.41) is 0. The van der Waals surface area contributed by atoms with Gasteiger partial charge in [0, 0.05) is 5.69 Å². The van der Waals surface area contributed by atoms with E-state index in [1.165, 1.54) is 7.11 Å². The Hall–Kier alpha value is -2.29. The van der Waals surface area contributed by atoms with E-state index in [2.05, 4.69) is 4.90 Å². The van der Waals surface area contributed by atoms with Crippen LogP contribution in [-0.4, -0.2) is 19.1 Å². The number of carbonyl (C=O) groups is 1. The first-order valence-corrected chi connectivity index (χ1v) is 6.29. The summed E-state index contributed by atoms with van der Waals surface area (Å²) in [6.07, 6.45) is 0. The van der Waals surface area contributed by atoms with Crippen LogP contribution in [0, 0.1) is 0 Å². The maximum absolute atomic E-state index is 11.9. The molecule has 0 saturated carbocycles. The molecule has 1 fully saturated rings. The van der Waals surface area contributed by atoms with Crippen LogP contribution < -0.4 is 4.90 Å². The van der Waals surface area contributed by atoms with E-state index in [1.54, 1.807) is 0 Å². The topological polar surface area (TPSA) is 29.3 Å². The standard InChI is InChI=1S/C16H15NO2/c1-19-16(18)15-14(12-8-4-2-5-9-12)17(15)13-10-6-3-7-11-13/h2-11,14-15H,1H3/t14-,15-,17?/m1/s1. The van der Waals surface area contributed by atoms with E-state index < -0.39 is 0 Å². The van der Waals surface area contributed by atoms with Crippen LogP contribution in [0.2, 0.25) is 0 Å². The molecule has 2 aromatic rings. The molecule has 0 amide bonds. The summed E-state index contributed by atoms with van der Waals surface area (Å²) in [7, 11) is 1.44. The molecular weight excluding hydrogens is 238 g/mol. The van der Waals surface area contributed by atoms with Gasteiger partial charge in [-0.25, -0.2) is 4.79 Å². The van der Waals surface area contributed by atoms with Crippen LogP contribution in [0.4, 0.5) is 5.69 Å². The van der Waals surface area contributed by atoms with Gasteiger partial charge in [-0.15, -0.1) is 0 Å². The molecule has 0 radical (unpaired) electrons. The van der Waals surface area contributed by atoms with E-state index >= 15 is 0 Å². The first-order valence-electron chi connectivity index (χ1n) is 6.29. The second-order valence-electron chi connectivity index (χ2n) is 4.57. The summed E-state index contributed by atoms with van der Waals surface area (Å²) >= 11 is 0. The zero-order valence-electron chi connectivity index (χ0n) is 10.7. The van der Waals surface area contributed by atoms with E-state index in [0.29, 0.717) is 0 Å². The quantitative estimate of drug-likeness (QED) is 0.622. The fraction of sp³-hybridized carbons (Fsp3) is 0.188. The van der Waals surface area contributed by atoms with E-state index in [1.807, 2.05) is 60.7 Å². The van der Waals surface area contributed by atoms with Gasteiger partial charge in [-0.1, -0.05) is 48.5 Å². The number of methoxy groups -OCH3 is 1. The Morgan fingerprint density at radius 3 is 2.16 bits per heavy atom. The predicted molar refractivity (Wildman–Crippen MR) is 73.9 cm³/mol. The van der Waals surface area contributed by atoms with Crippen molar-refractivity contribution in [3.63, 3.8) is 0 Å². The molecule has 96 valence electrons. The third-order valence-corrected chi connectivity index (χ3v) is 3.45. The lowest BCUT2D eigenvalue weighted by Crippen LogP contribution is -2.13. The number of rotatable bonds is 3. The summed E-state index contributed by atoms with van der Waals surface area (Å²) in [5.74, 6) is -0.183. The summed E-state index contributed by atoms with van der Waals surface area (Å²) in [4.78, 5) is 14.0. The lowest BCUT2D eigenvalue weighted by atomic mass is 10.1. The van der Waals surface area contributed by atoms with E-state index in [0.717, 1.165) is 11.3 Å². The van der Waals surface area contributed by atoms with E-state index in [9.17, 15) is 4.79 Å². The molecule has 3 rings (SSSR count). The third-order valence-electron chi connectivity index (χ3n) is 3.45. The molecule has 0 spiro atoms. The van der Waals surface area contributed by atoms with Crippen LogP contribution in [0.25, 0.3) is 0 Å². The maximum atomic E-state index is 11.9. The molecule has 0 aromatic heterocycles. The fourth-order valence-corrected chi connectivity index (χ4v) is 2.51. The lowest BCUT2D eigenvalue weighted by molar-refractivity contribution is -0.139. The third kappa shape index (κ3) is 2.08. The van der Waals surface area contributed by atoms with Gasteiger partial charge in [0.1, 0.15) is 0 Å². The number of carbonyl (C=O) groups excluding carboxylic acids is 1. The lowest BCUT2D eigenvalue weighted by Gasteiger charge is -2.05. The average Bonchev–Trinajstić information content (AvgIpc) is 3.24. The van der Waals surface area contributed by atoms with Crippen molar-refractivity contribution in [2.45, 2.75) is 12.1 Å². The number of esters is 1. The zero-order valence-corrected chi connectivity index (χ0v) is 10.7. The summed E-state index contributed by atoms with van der Waals surface area (Å²) in [6.45, 7) is 0. The SMILES string of the molecule is COC(=O)[C@H]1[C@@H](c2ccccc2)N1c1ccccc1. The molecule has 3 nitrogen and oxygen atoms in total. The fourth-order valence-electron chi connectivity index (χ4n) is 2.51. The molecular formula is C16H15NO2. The Morgan fingerprint density at radius 2 is 1.58 bits per heavy atom. The van der Waals surface area contributed by atoms with Gasteiger partial charge < -0.3 is 9.64 Å². The minimum atomic E-state index is -0.213. The molecule has 19 heavy (non-hydrogen) atoms. The van der Waals surface area contributed by atoms with Crippen molar-refractivity contribution in [1.29, 1.82) is 0 Å². The van der Waals surface area contributed by atoms with Gasteiger partial charge in [-0.2, -0.15) is 0 Å². The molecule has 1 saturated heterocycles. The Morgan fingerprint density at radius 1 is 1.00 bits per heavy atom. The van der Waals surface area contributed by atoms with Crippen molar-refractivity contribution in [3.05, 3.63) is 66.2 Å². The highest BCUT2D eigenvalue weighted by atomic mass is 16.5. The highest BCUT2D eigenvalue weighted by molar-refractivity contribution is 5.88. The summed E-state index contributed by atoms with van der Waals surface area (Å²) < 4.78 is 4.90. The average molecular weight is 253 g/mol. The number of anilines is 1. The first-order chi connectivity index (χ1) is 9.33.